The molecule has 2 heterocycles. The number of hydrogen-bond donors (Lipinski definition) is 2. The molecule has 5 nitrogen and oxygen atoms in total. The van der Waals surface area contributed by atoms with Gasteiger partial charge < -0.3 is 15.6 Å². The molecular weight excluding hydrogens is 309 g/mol. The second kappa shape index (κ2) is 6.05. The zero-order chi connectivity index (χ0) is 17.4. The molecule has 6 heteroatoms. The van der Waals surface area contributed by atoms with Crippen molar-refractivity contribution in [3.05, 3.63) is 47.5 Å². The van der Waals surface area contributed by atoms with Crippen LogP contribution >= 0.6 is 0 Å². The van der Waals surface area contributed by atoms with Gasteiger partial charge in [0.25, 0.3) is 0 Å². The summed E-state index contributed by atoms with van der Waals surface area (Å²) in [6, 6.07) is 4.83. The predicted molar refractivity (Wildman–Crippen MR) is 91.3 cm³/mol. The average Bonchev–Trinajstić information content (AvgIpc) is 2.54. The van der Waals surface area contributed by atoms with Crippen molar-refractivity contribution in [2.45, 2.75) is 20.0 Å². The van der Waals surface area contributed by atoms with Crippen molar-refractivity contribution in [1.29, 1.82) is 0 Å². The van der Waals surface area contributed by atoms with Gasteiger partial charge in [0.15, 0.2) is 0 Å². The minimum Gasteiger partial charge on any atom is -0.481 e. The number of ether oxygens (including phenoxy) is 1. The SMILES string of the molecule is COc1ncc(-c2cc3cc(N)ncc3cc2F)c(C)c1C(C)O. The molecule has 0 fully saturated rings. The van der Waals surface area contributed by atoms with Crippen LogP contribution in [-0.4, -0.2) is 22.2 Å². The molecule has 24 heavy (non-hydrogen) atoms. The summed E-state index contributed by atoms with van der Waals surface area (Å²) < 4.78 is 19.8. The maximum Gasteiger partial charge on any atom is 0.219 e. The normalized spacial score (nSPS) is 12.4. The van der Waals surface area contributed by atoms with Gasteiger partial charge in [-0.3, -0.25) is 0 Å². The summed E-state index contributed by atoms with van der Waals surface area (Å²) in [5.41, 5.74) is 7.97. The second-order valence-corrected chi connectivity index (χ2v) is 5.68. The number of hydrogen-bond acceptors (Lipinski definition) is 5. The molecule has 3 N–H and O–H groups in total. The number of fused-ring (bicyclic) bond motifs is 1. The highest BCUT2D eigenvalue weighted by atomic mass is 19.1. The Balaban J connectivity index is 2.27. The van der Waals surface area contributed by atoms with Crippen LogP contribution < -0.4 is 10.5 Å². The number of benzene rings is 1. The van der Waals surface area contributed by atoms with Gasteiger partial charge in [0.2, 0.25) is 5.88 Å². The fourth-order valence-electron chi connectivity index (χ4n) is 2.91. The standard InChI is InChI=1S/C18H18FN3O2/c1-9-14(8-22-18(24-3)17(9)10(2)23)13-4-11-6-16(20)21-7-12(11)5-15(13)19/h4-8,10,23H,1-3H3,(H2,20,21). The van der Waals surface area contributed by atoms with E-state index in [0.717, 1.165) is 10.9 Å². The van der Waals surface area contributed by atoms with Gasteiger partial charge in [-0.25, -0.2) is 14.4 Å². The van der Waals surface area contributed by atoms with Gasteiger partial charge >= 0.3 is 0 Å². The van der Waals surface area contributed by atoms with E-state index < -0.39 is 6.10 Å². The number of anilines is 1. The van der Waals surface area contributed by atoms with Crippen molar-refractivity contribution in [1.82, 2.24) is 9.97 Å². The fraction of sp³-hybridized carbons (Fsp3) is 0.222. The lowest BCUT2D eigenvalue weighted by Gasteiger charge is -2.17. The van der Waals surface area contributed by atoms with E-state index in [1.165, 1.54) is 19.4 Å². The molecule has 1 atom stereocenters. The average molecular weight is 327 g/mol. The summed E-state index contributed by atoms with van der Waals surface area (Å²) in [6.07, 6.45) is 2.31. The lowest BCUT2D eigenvalue weighted by molar-refractivity contribution is 0.192. The largest absolute Gasteiger partial charge is 0.481 e. The lowest BCUT2D eigenvalue weighted by atomic mass is 9.95. The molecule has 3 rings (SSSR count). The van der Waals surface area contributed by atoms with Crippen LogP contribution in [0.2, 0.25) is 0 Å². The molecule has 0 aliphatic heterocycles. The van der Waals surface area contributed by atoms with Gasteiger partial charge in [0, 0.05) is 34.5 Å². The number of rotatable bonds is 3. The van der Waals surface area contributed by atoms with E-state index in [1.807, 2.05) is 6.92 Å². The number of halogens is 1. The van der Waals surface area contributed by atoms with Gasteiger partial charge in [-0.05, 0) is 43.0 Å². The maximum absolute atomic E-state index is 14.6. The van der Waals surface area contributed by atoms with Crippen LogP contribution in [-0.2, 0) is 0 Å². The number of aromatic nitrogens is 2. The van der Waals surface area contributed by atoms with Gasteiger partial charge in [-0.2, -0.15) is 0 Å². The lowest BCUT2D eigenvalue weighted by Crippen LogP contribution is -2.04. The number of aliphatic hydroxyl groups excluding tert-OH is 1. The maximum atomic E-state index is 14.6. The first-order valence-electron chi connectivity index (χ1n) is 7.49. The van der Waals surface area contributed by atoms with Crippen LogP contribution in [0.25, 0.3) is 21.9 Å². The Labute approximate surface area is 138 Å². The molecule has 0 aliphatic carbocycles. The molecule has 1 unspecified atom stereocenters. The first-order valence-corrected chi connectivity index (χ1v) is 7.49. The number of nitrogens with two attached hydrogens (primary N) is 1. The molecular formula is C18H18FN3O2. The second-order valence-electron chi connectivity index (χ2n) is 5.68. The molecule has 0 radical (unpaired) electrons. The van der Waals surface area contributed by atoms with E-state index in [9.17, 15) is 9.50 Å². The zero-order valence-electron chi connectivity index (χ0n) is 13.7. The number of aliphatic hydroxyl groups is 1. The fourth-order valence-corrected chi connectivity index (χ4v) is 2.91. The summed E-state index contributed by atoms with van der Waals surface area (Å²) in [6.45, 7) is 3.44. The predicted octanol–water partition coefficient (Wildman–Crippen LogP) is 3.39. The zero-order valence-corrected chi connectivity index (χ0v) is 13.7. The third-order valence-corrected chi connectivity index (χ3v) is 4.08. The van der Waals surface area contributed by atoms with Crippen LogP contribution in [0.1, 0.15) is 24.2 Å². The Bertz CT molecular complexity index is 926. The van der Waals surface area contributed by atoms with Crippen LogP contribution in [0, 0.1) is 12.7 Å². The van der Waals surface area contributed by atoms with Crippen molar-refractivity contribution in [2.24, 2.45) is 0 Å². The molecule has 1 aromatic carbocycles. The Kier molecular flexibility index (Phi) is 4.07. The summed E-state index contributed by atoms with van der Waals surface area (Å²) in [7, 11) is 1.49. The first kappa shape index (κ1) is 16.1. The summed E-state index contributed by atoms with van der Waals surface area (Å²) in [5.74, 6) is 0.316. The van der Waals surface area contributed by atoms with E-state index in [4.69, 9.17) is 10.5 Å². The quantitative estimate of drug-likeness (QED) is 0.770. The van der Waals surface area contributed by atoms with Crippen molar-refractivity contribution >= 4 is 16.6 Å². The highest BCUT2D eigenvalue weighted by molar-refractivity contribution is 5.89. The molecule has 3 aromatic rings. The minimum absolute atomic E-state index is 0.334. The van der Waals surface area contributed by atoms with Crippen LogP contribution in [0.4, 0.5) is 10.2 Å². The molecule has 0 bridgehead atoms. The third kappa shape index (κ3) is 2.65. The molecule has 0 saturated carbocycles. The van der Waals surface area contributed by atoms with E-state index in [1.54, 1.807) is 25.3 Å². The Morgan fingerprint density at radius 2 is 1.88 bits per heavy atom. The van der Waals surface area contributed by atoms with Crippen molar-refractivity contribution in [3.63, 3.8) is 0 Å². The van der Waals surface area contributed by atoms with Crippen LogP contribution in [0.3, 0.4) is 0 Å². The Morgan fingerprint density at radius 1 is 1.12 bits per heavy atom. The van der Waals surface area contributed by atoms with Gasteiger partial charge in [-0.15, -0.1) is 0 Å². The van der Waals surface area contributed by atoms with E-state index in [2.05, 4.69) is 9.97 Å². The van der Waals surface area contributed by atoms with E-state index in [0.29, 0.717) is 33.8 Å². The Morgan fingerprint density at radius 3 is 2.54 bits per heavy atom. The minimum atomic E-state index is -0.782. The van der Waals surface area contributed by atoms with Gasteiger partial charge in [-0.1, -0.05) is 0 Å². The van der Waals surface area contributed by atoms with Gasteiger partial charge in [0.05, 0.1) is 13.2 Å². The van der Waals surface area contributed by atoms with E-state index in [-0.39, 0.29) is 5.82 Å². The number of pyridine rings is 2. The smallest absolute Gasteiger partial charge is 0.219 e. The number of nitrogen functional groups attached to an aromatic ring is 1. The topological polar surface area (TPSA) is 81.3 Å². The summed E-state index contributed by atoms with van der Waals surface area (Å²) in [5, 5.41) is 11.5. The van der Waals surface area contributed by atoms with Crippen LogP contribution in [0.15, 0.2) is 30.6 Å². The molecule has 2 aromatic heterocycles. The highest BCUT2D eigenvalue weighted by Crippen LogP contribution is 2.36. The number of methoxy groups -OCH3 is 1. The van der Waals surface area contributed by atoms with Crippen molar-refractivity contribution < 1.29 is 14.2 Å². The highest BCUT2D eigenvalue weighted by Gasteiger charge is 2.19. The van der Waals surface area contributed by atoms with E-state index >= 15 is 0 Å². The van der Waals surface area contributed by atoms with Gasteiger partial charge in [0.1, 0.15) is 11.6 Å². The van der Waals surface area contributed by atoms with Crippen molar-refractivity contribution in [3.8, 4) is 17.0 Å². The van der Waals surface area contributed by atoms with Crippen molar-refractivity contribution in [2.75, 3.05) is 12.8 Å². The molecule has 0 spiro atoms. The van der Waals surface area contributed by atoms with Crippen LogP contribution in [0.5, 0.6) is 5.88 Å². The molecule has 0 saturated heterocycles. The molecule has 0 amide bonds. The first-order chi connectivity index (χ1) is 11.4. The third-order valence-electron chi connectivity index (χ3n) is 4.08. The molecule has 0 aliphatic rings. The Hall–Kier alpha value is -2.73. The number of nitrogens with zero attached hydrogens (tertiary/aromatic N) is 2. The summed E-state index contributed by atoms with van der Waals surface area (Å²) >= 11 is 0. The summed E-state index contributed by atoms with van der Waals surface area (Å²) in [4.78, 5) is 8.19. The molecule has 124 valence electrons. The monoisotopic (exact) mass is 327 g/mol.